The van der Waals surface area contributed by atoms with Gasteiger partial charge in [-0.3, -0.25) is 14.4 Å². The fraction of sp³-hybridized carbons (Fsp3) is 0.286. The number of fused-ring (bicyclic) bond motifs is 1. The van der Waals surface area contributed by atoms with E-state index in [-0.39, 0.29) is 43.3 Å². The molecule has 30 heavy (non-hydrogen) atoms. The Morgan fingerprint density at radius 1 is 1.30 bits per heavy atom. The zero-order valence-electron chi connectivity index (χ0n) is 16.5. The van der Waals surface area contributed by atoms with Gasteiger partial charge in [0, 0.05) is 24.0 Å². The molecule has 3 rings (SSSR count). The van der Waals surface area contributed by atoms with Gasteiger partial charge in [0.1, 0.15) is 5.75 Å². The highest BCUT2D eigenvalue weighted by molar-refractivity contribution is 9.10. The largest absolute Gasteiger partial charge is 0.482 e. The van der Waals surface area contributed by atoms with Crippen molar-refractivity contribution >= 4 is 56.6 Å². The van der Waals surface area contributed by atoms with Gasteiger partial charge in [-0.1, -0.05) is 39.7 Å². The second-order valence-electron chi connectivity index (χ2n) is 7.00. The molecule has 9 heteroatoms. The van der Waals surface area contributed by atoms with Gasteiger partial charge in [0.25, 0.3) is 5.91 Å². The summed E-state index contributed by atoms with van der Waals surface area (Å²) in [6, 6.07) is 11.8. The topological polar surface area (TPSA) is 79.0 Å². The van der Waals surface area contributed by atoms with Crippen LogP contribution in [-0.2, 0) is 14.4 Å². The lowest BCUT2D eigenvalue weighted by molar-refractivity contribution is -0.135. The fourth-order valence-corrected chi connectivity index (χ4v) is 3.91. The molecule has 0 fully saturated rings. The number of ether oxygens (including phenoxy) is 1. The Labute approximate surface area is 188 Å². The monoisotopic (exact) mass is 493 g/mol. The Bertz CT molecular complexity index is 984. The normalized spacial score (nSPS) is 15.7. The first kappa shape index (κ1) is 22.1. The van der Waals surface area contributed by atoms with Crippen molar-refractivity contribution in [3.8, 4) is 5.75 Å². The summed E-state index contributed by atoms with van der Waals surface area (Å²) in [6.07, 6.45) is 0.170. The molecule has 1 aliphatic rings. The van der Waals surface area contributed by atoms with Crippen LogP contribution in [0.1, 0.15) is 13.3 Å². The summed E-state index contributed by atoms with van der Waals surface area (Å²) in [5, 5.41) is 3.19. The molecule has 0 aromatic heterocycles. The minimum absolute atomic E-state index is 0.150. The highest BCUT2D eigenvalue weighted by Crippen LogP contribution is 2.31. The lowest BCUT2D eigenvalue weighted by atomic mass is 10.1. The van der Waals surface area contributed by atoms with Gasteiger partial charge in [-0.2, -0.15) is 0 Å². The number of hydrogen-bond acceptors (Lipinski definition) is 4. The summed E-state index contributed by atoms with van der Waals surface area (Å²) in [5.41, 5.74) is 1.18. The van der Waals surface area contributed by atoms with Crippen molar-refractivity contribution in [2.75, 3.05) is 30.4 Å². The maximum absolute atomic E-state index is 13.0. The molecule has 0 radical (unpaired) electrons. The van der Waals surface area contributed by atoms with Gasteiger partial charge in [0.2, 0.25) is 11.8 Å². The van der Waals surface area contributed by atoms with E-state index in [2.05, 4.69) is 21.2 Å². The summed E-state index contributed by atoms with van der Waals surface area (Å²) in [5.74, 6) is -0.432. The first-order valence-electron chi connectivity index (χ1n) is 9.29. The van der Waals surface area contributed by atoms with Gasteiger partial charge in [-0.15, -0.1) is 0 Å². The molecule has 0 bridgehead atoms. The Hall–Kier alpha value is -2.58. The third-order valence-corrected chi connectivity index (χ3v) is 5.46. The van der Waals surface area contributed by atoms with Crippen molar-refractivity contribution in [3.05, 3.63) is 52.0 Å². The number of carbonyl (C=O) groups excluding carboxylic acids is 3. The molecule has 158 valence electrons. The van der Waals surface area contributed by atoms with Crippen LogP contribution in [0.2, 0.25) is 5.02 Å². The van der Waals surface area contributed by atoms with Crippen molar-refractivity contribution < 1.29 is 19.1 Å². The molecule has 7 nitrogen and oxygen atoms in total. The van der Waals surface area contributed by atoms with Crippen LogP contribution < -0.4 is 15.0 Å². The summed E-state index contributed by atoms with van der Waals surface area (Å²) in [6.45, 7) is 1.40. The zero-order valence-corrected chi connectivity index (χ0v) is 18.9. The van der Waals surface area contributed by atoms with E-state index in [1.807, 2.05) is 0 Å². The Balaban J connectivity index is 1.67. The molecule has 3 amide bonds. The SMILES string of the molecule is C[C@@H]1CC(=O)Nc2ccccc2N1C(=O)CN(C)C(=O)COc1ccc(Br)cc1Cl. The molecule has 0 aliphatic carbocycles. The van der Waals surface area contributed by atoms with Crippen LogP contribution in [0, 0.1) is 0 Å². The van der Waals surface area contributed by atoms with Gasteiger partial charge in [0.15, 0.2) is 6.61 Å². The van der Waals surface area contributed by atoms with Gasteiger partial charge < -0.3 is 19.9 Å². The highest BCUT2D eigenvalue weighted by atomic mass is 79.9. The smallest absolute Gasteiger partial charge is 0.260 e. The molecule has 1 N–H and O–H groups in total. The van der Waals surface area contributed by atoms with Crippen LogP contribution in [0.5, 0.6) is 5.75 Å². The van der Waals surface area contributed by atoms with Crippen LogP contribution in [0.3, 0.4) is 0 Å². The first-order valence-corrected chi connectivity index (χ1v) is 10.5. The minimum atomic E-state index is -0.368. The Kier molecular flexibility index (Phi) is 6.99. The molecular formula is C21H21BrClN3O4. The lowest BCUT2D eigenvalue weighted by Gasteiger charge is -2.29. The summed E-state index contributed by atoms with van der Waals surface area (Å²) in [4.78, 5) is 40.4. The lowest BCUT2D eigenvalue weighted by Crippen LogP contribution is -2.46. The number of anilines is 2. The number of likely N-dealkylation sites (N-methyl/N-ethyl adjacent to an activating group) is 1. The molecule has 0 saturated heterocycles. The fourth-order valence-electron chi connectivity index (χ4n) is 3.18. The predicted octanol–water partition coefficient (Wildman–Crippen LogP) is 3.70. The van der Waals surface area contributed by atoms with Crippen LogP contribution in [-0.4, -0.2) is 48.9 Å². The van der Waals surface area contributed by atoms with E-state index in [0.717, 1.165) is 4.47 Å². The predicted molar refractivity (Wildman–Crippen MR) is 119 cm³/mol. The standard InChI is InChI=1S/C21H21BrClN3O4/c1-13-9-19(27)24-16-5-3-4-6-17(16)26(13)20(28)11-25(2)21(29)12-30-18-8-7-14(22)10-15(18)23/h3-8,10,13H,9,11-12H2,1-2H3,(H,24,27)/t13-/m1/s1. The average Bonchev–Trinajstić information content (AvgIpc) is 2.81. The van der Waals surface area contributed by atoms with E-state index in [9.17, 15) is 14.4 Å². The van der Waals surface area contributed by atoms with Crippen molar-refractivity contribution in [2.45, 2.75) is 19.4 Å². The number of para-hydroxylation sites is 2. The number of benzene rings is 2. The first-order chi connectivity index (χ1) is 14.3. The number of halogens is 2. The van der Waals surface area contributed by atoms with E-state index < -0.39 is 0 Å². The van der Waals surface area contributed by atoms with Crippen molar-refractivity contribution in [3.63, 3.8) is 0 Å². The van der Waals surface area contributed by atoms with Gasteiger partial charge >= 0.3 is 0 Å². The van der Waals surface area contributed by atoms with E-state index in [4.69, 9.17) is 16.3 Å². The number of carbonyl (C=O) groups is 3. The van der Waals surface area contributed by atoms with Crippen LogP contribution in [0.25, 0.3) is 0 Å². The van der Waals surface area contributed by atoms with Crippen molar-refractivity contribution in [1.29, 1.82) is 0 Å². The van der Waals surface area contributed by atoms with E-state index in [1.54, 1.807) is 54.3 Å². The molecule has 0 unspecified atom stereocenters. The Morgan fingerprint density at radius 2 is 2.03 bits per heavy atom. The third-order valence-electron chi connectivity index (χ3n) is 4.67. The van der Waals surface area contributed by atoms with Crippen LogP contribution in [0.15, 0.2) is 46.9 Å². The van der Waals surface area contributed by atoms with Crippen LogP contribution >= 0.6 is 27.5 Å². The Morgan fingerprint density at radius 3 is 2.77 bits per heavy atom. The highest BCUT2D eigenvalue weighted by Gasteiger charge is 2.30. The number of nitrogens with one attached hydrogen (secondary N) is 1. The quantitative estimate of drug-likeness (QED) is 0.687. The maximum Gasteiger partial charge on any atom is 0.260 e. The second-order valence-corrected chi connectivity index (χ2v) is 8.32. The molecule has 1 heterocycles. The van der Waals surface area contributed by atoms with Crippen molar-refractivity contribution in [1.82, 2.24) is 4.90 Å². The third kappa shape index (κ3) is 5.12. The minimum Gasteiger partial charge on any atom is -0.482 e. The molecule has 2 aromatic carbocycles. The number of amides is 3. The van der Waals surface area contributed by atoms with E-state index in [1.165, 1.54) is 11.9 Å². The zero-order chi connectivity index (χ0) is 21.8. The van der Waals surface area contributed by atoms with Gasteiger partial charge in [-0.25, -0.2) is 0 Å². The number of nitrogens with zero attached hydrogens (tertiary/aromatic N) is 2. The molecule has 1 aliphatic heterocycles. The van der Waals surface area contributed by atoms with Crippen molar-refractivity contribution in [2.24, 2.45) is 0 Å². The maximum atomic E-state index is 13.0. The summed E-state index contributed by atoms with van der Waals surface area (Å²) < 4.78 is 6.29. The number of hydrogen-bond donors (Lipinski definition) is 1. The van der Waals surface area contributed by atoms with E-state index >= 15 is 0 Å². The average molecular weight is 495 g/mol. The molecule has 0 spiro atoms. The molecule has 2 aromatic rings. The van der Waals surface area contributed by atoms with Gasteiger partial charge in [0.05, 0.1) is 22.9 Å². The summed E-state index contributed by atoms with van der Waals surface area (Å²) in [7, 11) is 1.53. The second kappa shape index (κ2) is 9.49. The summed E-state index contributed by atoms with van der Waals surface area (Å²) >= 11 is 9.40. The van der Waals surface area contributed by atoms with Crippen LogP contribution in [0.4, 0.5) is 11.4 Å². The molecule has 1 atom stereocenters. The van der Waals surface area contributed by atoms with Gasteiger partial charge in [-0.05, 0) is 37.3 Å². The number of rotatable bonds is 5. The van der Waals surface area contributed by atoms with E-state index in [0.29, 0.717) is 22.1 Å². The molecule has 0 saturated carbocycles. The molecular weight excluding hydrogens is 474 g/mol.